The van der Waals surface area contributed by atoms with Crippen LogP contribution in [0.1, 0.15) is 63.5 Å². The smallest absolute Gasteiger partial charge is 0.441 e. The number of benzene rings is 3. The predicted octanol–water partition coefficient (Wildman–Crippen LogP) is 8.00. The van der Waals surface area contributed by atoms with Gasteiger partial charge in [-0.15, -0.1) is 0 Å². The number of methoxy groups -OCH3 is 2. The van der Waals surface area contributed by atoms with Crippen molar-refractivity contribution >= 4 is 25.7 Å². The number of halogens is 3. The topological polar surface area (TPSA) is 130 Å². The normalized spacial score (nSPS) is 18.5. The molecule has 13 nitrogen and oxygen atoms in total. The van der Waals surface area contributed by atoms with Gasteiger partial charge in [-0.2, -0.15) is 13.2 Å². The molecular weight excluding hydrogens is 847 g/mol. The van der Waals surface area contributed by atoms with E-state index in [1.165, 1.54) is 16.8 Å². The fourth-order valence-corrected chi connectivity index (χ4v) is 9.49. The fraction of sp³-hybridized carbons (Fsp3) is 0.455. The third-order valence-corrected chi connectivity index (χ3v) is 12.9. The van der Waals surface area contributed by atoms with E-state index in [9.17, 15) is 22.8 Å². The van der Waals surface area contributed by atoms with Crippen molar-refractivity contribution in [3.8, 4) is 11.5 Å². The first-order valence-electron chi connectivity index (χ1n) is 20.2. The van der Waals surface area contributed by atoms with Crippen molar-refractivity contribution in [2.24, 2.45) is 5.92 Å². The Hall–Kier alpha value is -4.66. The lowest BCUT2D eigenvalue weighted by atomic mass is 9.80. The molecule has 18 heteroatoms. The minimum atomic E-state index is -4.71. The number of thiocarbonyl (C=S) groups is 1. The van der Waals surface area contributed by atoms with Crippen LogP contribution in [0.3, 0.4) is 0 Å². The maximum atomic E-state index is 13.5. The van der Waals surface area contributed by atoms with Crippen molar-refractivity contribution in [2.75, 3.05) is 40.5 Å². The summed E-state index contributed by atoms with van der Waals surface area (Å²) in [5.74, 6) is 0.552. The zero-order valence-electron chi connectivity index (χ0n) is 35.5. The summed E-state index contributed by atoms with van der Waals surface area (Å²) < 4.78 is 82.0. The van der Waals surface area contributed by atoms with Crippen LogP contribution in [0.4, 0.5) is 13.2 Å². The Labute approximate surface area is 366 Å². The lowest BCUT2D eigenvalue weighted by Gasteiger charge is -2.39. The molecule has 2 unspecified atom stereocenters. The number of H-pyrrole nitrogens is 1. The van der Waals surface area contributed by atoms with Gasteiger partial charge in [0, 0.05) is 36.8 Å². The van der Waals surface area contributed by atoms with Crippen LogP contribution >= 0.6 is 20.7 Å². The summed E-state index contributed by atoms with van der Waals surface area (Å²) in [6.07, 6.45) is -5.97. The Morgan fingerprint density at radius 1 is 0.935 bits per heavy atom. The Morgan fingerprint density at radius 3 is 2.03 bits per heavy atom. The molecule has 5 atom stereocenters. The molecule has 0 saturated carbocycles. The average Bonchev–Trinajstić information content (AvgIpc) is 3.58. The molecule has 1 saturated heterocycles. The SMILES string of the molecule is [C-]#[N+]CCOP(O[C@@H]1C(CCCNC(=S)C(F)(F)F)[C@H](n2ccc(=O)[nH]c2=O)O[C@@H]1COC(c1ccccc1)(c1ccc(OC)cc1)c1ccc(OC)cc1)N(C(C)C)C(C)C. The van der Waals surface area contributed by atoms with E-state index < -0.39 is 60.9 Å². The number of aromatic nitrogens is 2. The number of ether oxygens (including phenoxy) is 4. The van der Waals surface area contributed by atoms with E-state index in [0.717, 1.165) is 16.7 Å². The largest absolute Gasteiger partial charge is 0.497 e. The highest BCUT2D eigenvalue weighted by molar-refractivity contribution is 7.80. The van der Waals surface area contributed by atoms with Crippen molar-refractivity contribution in [2.45, 2.75) is 82.8 Å². The van der Waals surface area contributed by atoms with Crippen molar-refractivity contribution in [1.29, 1.82) is 0 Å². The fourth-order valence-electron chi connectivity index (χ4n) is 7.60. The molecule has 4 aromatic rings. The standard InChI is InChI=1S/C44H53F3N5O8PS/c1-29(2)52(30(3)4)61(58-27-25-48-5)60-39-36(14-11-24-49-41(62)44(45,46)47)40(51-26-23-38(53)50-42(51)54)59-37(39)28-57-43(31-12-9-8-10-13-31,32-15-19-34(55-6)20-16-32)33-17-21-35(56-7)22-18-33/h8-10,12-13,15-23,26,29-30,36-37,39-40H,11,14,24-25,27-28H2,1-4,6-7H3,(H,49,62)(H,50,53,54)/t36?,37-,39-,40-,61?/m1/s1. The zero-order valence-corrected chi connectivity index (χ0v) is 37.2. The number of nitrogens with zero attached hydrogens (tertiary/aromatic N) is 3. The van der Waals surface area contributed by atoms with Gasteiger partial charge in [-0.05, 0) is 81.5 Å². The quantitative estimate of drug-likeness (QED) is 0.0278. The number of hydrogen-bond donors (Lipinski definition) is 2. The Kier molecular flexibility index (Phi) is 17.3. The van der Waals surface area contributed by atoms with Gasteiger partial charge in [0.15, 0.2) is 4.99 Å². The number of rotatable bonds is 21. The maximum absolute atomic E-state index is 13.5. The van der Waals surface area contributed by atoms with Crippen molar-refractivity contribution < 1.29 is 41.2 Å². The van der Waals surface area contributed by atoms with Crippen LogP contribution < -0.4 is 26.0 Å². The summed E-state index contributed by atoms with van der Waals surface area (Å²) in [5.41, 5.74) is -0.383. The molecule has 5 rings (SSSR count). The average molecular weight is 900 g/mol. The number of nitrogens with one attached hydrogen (secondary N) is 2. The Morgan fingerprint density at radius 2 is 1.52 bits per heavy atom. The highest BCUT2D eigenvalue weighted by Gasteiger charge is 2.50. The molecule has 0 spiro atoms. The number of aromatic amines is 1. The summed E-state index contributed by atoms with van der Waals surface area (Å²) in [6, 6.07) is 25.7. The number of alkyl halides is 3. The van der Waals surface area contributed by atoms with Gasteiger partial charge in [-0.3, -0.25) is 14.3 Å². The first kappa shape index (κ1) is 48.4. The van der Waals surface area contributed by atoms with Gasteiger partial charge in [0.2, 0.25) is 6.54 Å². The zero-order chi connectivity index (χ0) is 45.0. The number of hydrogen-bond acceptors (Lipinski definition) is 10. The van der Waals surface area contributed by atoms with Crippen LogP contribution in [-0.4, -0.2) is 90.2 Å². The molecule has 334 valence electrons. The van der Waals surface area contributed by atoms with Gasteiger partial charge in [0.25, 0.3) is 14.1 Å². The summed E-state index contributed by atoms with van der Waals surface area (Å²) in [4.78, 5) is 30.3. The molecule has 1 aliphatic heterocycles. The van der Waals surface area contributed by atoms with Gasteiger partial charge < -0.3 is 38.2 Å². The van der Waals surface area contributed by atoms with E-state index in [-0.39, 0.29) is 51.2 Å². The lowest BCUT2D eigenvalue weighted by molar-refractivity contribution is -0.0933. The maximum Gasteiger partial charge on any atom is 0.441 e. The third-order valence-electron chi connectivity index (χ3n) is 10.4. The third kappa shape index (κ3) is 11.7. The van der Waals surface area contributed by atoms with Gasteiger partial charge in [-0.1, -0.05) is 66.8 Å². The highest BCUT2D eigenvalue weighted by Crippen LogP contribution is 2.52. The van der Waals surface area contributed by atoms with E-state index in [4.69, 9.17) is 34.6 Å². The first-order chi connectivity index (χ1) is 29.6. The van der Waals surface area contributed by atoms with Crippen molar-refractivity contribution in [3.63, 3.8) is 0 Å². The van der Waals surface area contributed by atoms with Crippen LogP contribution in [-0.2, 0) is 24.1 Å². The molecule has 0 radical (unpaired) electrons. The van der Waals surface area contributed by atoms with Crippen LogP contribution in [0.15, 0.2) is 101 Å². The summed E-state index contributed by atoms with van der Waals surface area (Å²) in [5, 5.41) is 2.29. The predicted molar refractivity (Wildman–Crippen MR) is 234 cm³/mol. The minimum Gasteiger partial charge on any atom is -0.497 e. The van der Waals surface area contributed by atoms with Gasteiger partial charge in [-0.25, -0.2) is 16.0 Å². The second kappa shape index (κ2) is 22.1. The van der Waals surface area contributed by atoms with Gasteiger partial charge in [0.05, 0.1) is 20.8 Å². The first-order valence-corrected chi connectivity index (χ1v) is 21.7. The summed E-state index contributed by atoms with van der Waals surface area (Å²) in [6.45, 7) is 15.3. The van der Waals surface area contributed by atoms with Crippen LogP contribution in [0, 0.1) is 12.5 Å². The Balaban J connectivity index is 1.67. The lowest BCUT2D eigenvalue weighted by Crippen LogP contribution is -2.41. The molecule has 3 aromatic carbocycles. The van der Waals surface area contributed by atoms with Crippen LogP contribution in [0.2, 0.25) is 0 Å². The molecule has 0 bridgehead atoms. The van der Waals surface area contributed by atoms with E-state index in [1.807, 2.05) is 107 Å². The molecular formula is C44H53F3N5O8PS. The van der Waals surface area contributed by atoms with Crippen molar-refractivity contribution in [1.82, 2.24) is 19.5 Å². The van der Waals surface area contributed by atoms with E-state index in [1.54, 1.807) is 14.2 Å². The Bertz CT molecular complexity index is 2150. The highest BCUT2D eigenvalue weighted by atomic mass is 32.1. The molecule has 2 heterocycles. The summed E-state index contributed by atoms with van der Waals surface area (Å²) in [7, 11) is 1.25. The molecule has 1 fully saturated rings. The van der Waals surface area contributed by atoms with Crippen LogP contribution in [0.25, 0.3) is 4.85 Å². The van der Waals surface area contributed by atoms with Crippen LogP contribution in [0.5, 0.6) is 11.5 Å². The molecule has 62 heavy (non-hydrogen) atoms. The second-order valence-corrected chi connectivity index (χ2v) is 16.9. The van der Waals surface area contributed by atoms with Gasteiger partial charge in [0.1, 0.15) is 42.1 Å². The van der Waals surface area contributed by atoms with E-state index in [2.05, 4.69) is 32.0 Å². The second-order valence-electron chi connectivity index (χ2n) is 15.0. The molecule has 1 aromatic heterocycles. The van der Waals surface area contributed by atoms with E-state index >= 15 is 0 Å². The summed E-state index contributed by atoms with van der Waals surface area (Å²) >= 11 is 4.58. The van der Waals surface area contributed by atoms with Crippen molar-refractivity contribution in [3.05, 3.63) is 140 Å². The molecule has 0 amide bonds. The minimum absolute atomic E-state index is 0.0677. The molecule has 2 N–H and O–H groups in total. The molecule has 0 aliphatic carbocycles. The molecule has 1 aliphatic rings. The van der Waals surface area contributed by atoms with Gasteiger partial charge >= 0.3 is 11.9 Å². The van der Waals surface area contributed by atoms with E-state index in [0.29, 0.717) is 11.5 Å². The monoisotopic (exact) mass is 899 g/mol.